The Morgan fingerprint density at radius 3 is 2.85 bits per heavy atom. The molecule has 1 aliphatic heterocycles. The molecule has 1 aliphatic rings. The van der Waals surface area contributed by atoms with E-state index in [1.54, 1.807) is 12.1 Å². The van der Waals surface area contributed by atoms with E-state index in [-0.39, 0.29) is 11.6 Å². The number of pyridine rings is 1. The Hall–Kier alpha value is -3.85. The van der Waals surface area contributed by atoms with Crippen LogP contribution in [0.3, 0.4) is 0 Å². The Kier molecular flexibility index (Phi) is 5.70. The van der Waals surface area contributed by atoms with Crippen molar-refractivity contribution in [1.82, 2.24) is 14.8 Å². The van der Waals surface area contributed by atoms with Crippen molar-refractivity contribution in [3.8, 4) is 5.75 Å². The summed E-state index contributed by atoms with van der Waals surface area (Å²) in [6.07, 6.45) is 1.39. The van der Waals surface area contributed by atoms with Crippen molar-refractivity contribution in [2.24, 2.45) is 0 Å². The Morgan fingerprint density at radius 2 is 2.03 bits per heavy atom. The fourth-order valence-corrected chi connectivity index (χ4v) is 4.30. The predicted molar refractivity (Wildman–Crippen MR) is 131 cm³/mol. The van der Waals surface area contributed by atoms with Gasteiger partial charge in [-0.25, -0.2) is 9.37 Å². The number of aliphatic hydroxyl groups excluding tert-OH is 1. The number of methoxy groups -OCH3 is 1. The SMILES string of the molecule is COc1cc(Cn2cc3cc(CNc4cc5c(c(C)n4)NC(O)CN5C)ccc3n2)ccc1F. The van der Waals surface area contributed by atoms with E-state index in [0.717, 1.165) is 44.9 Å². The van der Waals surface area contributed by atoms with E-state index in [9.17, 15) is 9.50 Å². The zero-order valence-electron chi connectivity index (χ0n) is 19.3. The normalized spacial score (nSPS) is 15.2. The fraction of sp³-hybridized carbons (Fsp3) is 0.280. The van der Waals surface area contributed by atoms with Crippen molar-refractivity contribution in [2.45, 2.75) is 26.2 Å². The summed E-state index contributed by atoms with van der Waals surface area (Å²) in [5.74, 6) is 0.632. The molecule has 0 saturated carbocycles. The summed E-state index contributed by atoms with van der Waals surface area (Å²) in [5, 5.41) is 22.1. The average Bonchev–Trinajstić information content (AvgIpc) is 3.21. The number of aromatic nitrogens is 3. The molecule has 8 nitrogen and oxygen atoms in total. The summed E-state index contributed by atoms with van der Waals surface area (Å²) >= 11 is 0. The van der Waals surface area contributed by atoms with Gasteiger partial charge in [-0.2, -0.15) is 5.10 Å². The van der Waals surface area contributed by atoms with Gasteiger partial charge in [-0.15, -0.1) is 0 Å². The smallest absolute Gasteiger partial charge is 0.165 e. The predicted octanol–water partition coefficient (Wildman–Crippen LogP) is 3.73. The third-order valence-electron chi connectivity index (χ3n) is 6.00. The summed E-state index contributed by atoms with van der Waals surface area (Å²) in [6.45, 7) is 3.58. The van der Waals surface area contributed by atoms with Crippen LogP contribution in [0.2, 0.25) is 0 Å². The number of aliphatic hydroxyl groups is 1. The molecule has 0 bridgehead atoms. The summed E-state index contributed by atoms with van der Waals surface area (Å²) in [7, 11) is 3.42. The van der Waals surface area contributed by atoms with E-state index in [0.29, 0.717) is 19.6 Å². The lowest BCUT2D eigenvalue weighted by atomic mass is 10.1. The van der Waals surface area contributed by atoms with E-state index in [1.807, 2.05) is 47.9 Å². The van der Waals surface area contributed by atoms with Crippen LogP contribution in [-0.4, -0.2) is 46.8 Å². The van der Waals surface area contributed by atoms with Gasteiger partial charge in [-0.05, 0) is 42.3 Å². The van der Waals surface area contributed by atoms with Crippen LogP contribution in [0.25, 0.3) is 10.9 Å². The molecule has 3 heterocycles. The Balaban J connectivity index is 1.31. The van der Waals surface area contributed by atoms with Crippen molar-refractivity contribution >= 4 is 28.1 Å². The van der Waals surface area contributed by atoms with Crippen LogP contribution in [0.15, 0.2) is 48.7 Å². The Morgan fingerprint density at radius 1 is 1.21 bits per heavy atom. The van der Waals surface area contributed by atoms with Crippen LogP contribution in [-0.2, 0) is 13.1 Å². The van der Waals surface area contributed by atoms with Gasteiger partial charge in [0.15, 0.2) is 11.6 Å². The summed E-state index contributed by atoms with van der Waals surface area (Å²) < 4.78 is 20.6. The van der Waals surface area contributed by atoms with Gasteiger partial charge in [-0.3, -0.25) is 4.68 Å². The van der Waals surface area contributed by atoms with Crippen molar-refractivity contribution in [3.63, 3.8) is 0 Å². The van der Waals surface area contributed by atoms with E-state index in [2.05, 4.69) is 26.8 Å². The highest BCUT2D eigenvalue weighted by atomic mass is 19.1. The van der Waals surface area contributed by atoms with Gasteiger partial charge in [0.05, 0.1) is 42.8 Å². The first-order valence-electron chi connectivity index (χ1n) is 11.1. The number of halogens is 1. The van der Waals surface area contributed by atoms with Gasteiger partial charge in [0.1, 0.15) is 12.0 Å². The highest BCUT2D eigenvalue weighted by Gasteiger charge is 2.22. The van der Waals surface area contributed by atoms with Gasteiger partial charge in [0.2, 0.25) is 0 Å². The number of β-amino-alcohol motifs (C(OH)–C–C–N with tert-alkyl or cyclic N) is 1. The third-order valence-corrected chi connectivity index (χ3v) is 6.00. The maximum absolute atomic E-state index is 13.7. The second-order valence-corrected chi connectivity index (χ2v) is 8.57. The summed E-state index contributed by atoms with van der Waals surface area (Å²) in [4.78, 5) is 6.66. The van der Waals surface area contributed by atoms with E-state index >= 15 is 0 Å². The largest absolute Gasteiger partial charge is 0.494 e. The van der Waals surface area contributed by atoms with Gasteiger partial charge >= 0.3 is 0 Å². The second-order valence-electron chi connectivity index (χ2n) is 8.57. The first-order valence-corrected chi connectivity index (χ1v) is 11.1. The minimum absolute atomic E-state index is 0.228. The van der Waals surface area contributed by atoms with Gasteiger partial charge < -0.3 is 25.4 Å². The fourth-order valence-electron chi connectivity index (χ4n) is 4.30. The van der Waals surface area contributed by atoms with Crippen LogP contribution in [0, 0.1) is 12.7 Å². The topological polar surface area (TPSA) is 87.5 Å². The molecule has 0 saturated heterocycles. The first kappa shape index (κ1) is 22.0. The Labute approximate surface area is 197 Å². The highest BCUT2D eigenvalue weighted by molar-refractivity contribution is 5.79. The number of nitrogens with one attached hydrogen (secondary N) is 2. The average molecular weight is 463 g/mol. The number of fused-ring (bicyclic) bond motifs is 2. The van der Waals surface area contributed by atoms with Crippen LogP contribution in [0.1, 0.15) is 16.8 Å². The molecule has 1 unspecified atom stereocenters. The number of rotatable bonds is 6. The molecular weight excluding hydrogens is 435 g/mol. The van der Waals surface area contributed by atoms with E-state index in [4.69, 9.17) is 4.74 Å². The molecule has 2 aromatic carbocycles. The number of nitrogens with zero attached hydrogens (tertiary/aromatic N) is 4. The van der Waals surface area contributed by atoms with Gasteiger partial charge in [-0.1, -0.05) is 12.1 Å². The number of anilines is 3. The lowest BCUT2D eigenvalue weighted by Crippen LogP contribution is -2.39. The Bertz CT molecular complexity index is 1350. The number of likely N-dealkylation sites (N-methyl/N-ethyl adjacent to an activating group) is 1. The minimum Gasteiger partial charge on any atom is -0.494 e. The molecule has 0 amide bonds. The zero-order chi connectivity index (χ0) is 23.8. The monoisotopic (exact) mass is 462 g/mol. The van der Waals surface area contributed by atoms with Crippen molar-refractivity contribution in [1.29, 1.82) is 0 Å². The molecule has 1 atom stereocenters. The maximum atomic E-state index is 13.7. The van der Waals surface area contributed by atoms with E-state index in [1.165, 1.54) is 13.2 Å². The summed E-state index contributed by atoms with van der Waals surface area (Å²) in [6, 6.07) is 13.0. The van der Waals surface area contributed by atoms with Crippen LogP contribution in [0.4, 0.5) is 21.6 Å². The molecule has 34 heavy (non-hydrogen) atoms. The van der Waals surface area contributed by atoms with Crippen LogP contribution >= 0.6 is 0 Å². The molecular formula is C25H27FN6O2. The van der Waals surface area contributed by atoms with Gasteiger partial charge in [0.25, 0.3) is 0 Å². The zero-order valence-corrected chi connectivity index (χ0v) is 19.3. The molecule has 2 aromatic heterocycles. The van der Waals surface area contributed by atoms with Gasteiger partial charge in [0, 0.05) is 31.2 Å². The number of benzene rings is 2. The molecule has 9 heteroatoms. The highest BCUT2D eigenvalue weighted by Crippen LogP contribution is 2.34. The molecule has 176 valence electrons. The molecule has 0 aliphatic carbocycles. The molecule has 0 fully saturated rings. The quantitative estimate of drug-likeness (QED) is 0.403. The number of ether oxygens (including phenoxy) is 1. The molecule has 0 spiro atoms. The second kappa shape index (κ2) is 8.83. The summed E-state index contributed by atoms with van der Waals surface area (Å²) in [5.41, 5.74) is 5.61. The van der Waals surface area contributed by atoms with E-state index < -0.39 is 6.23 Å². The third kappa shape index (κ3) is 4.34. The van der Waals surface area contributed by atoms with Crippen LogP contribution in [0.5, 0.6) is 5.75 Å². The number of hydrogen-bond donors (Lipinski definition) is 3. The van der Waals surface area contributed by atoms with Crippen molar-refractivity contribution in [3.05, 3.63) is 71.3 Å². The standard InChI is InChI=1S/C25H27FN6O2/c1-15-25-21(31(2)14-24(33)29-25)10-23(28-15)27-11-16-5-7-20-18(8-16)13-32(30-20)12-17-4-6-19(26)22(9-17)34-3/h4-10,13,24,29,33H,11-12,14H2,1-3H3,(H,27,28). The lowest BCUT2D eigenvalue weighted by Gasteiger charge is -2.33. The molecule has 0 radical (unpaired) electrons. The van der Waals surface area contributed by atoms with Crippen LogP contribution < -0.4 is 20.3 Å². The number of hydrogen-bond acceptors (Lipinski definition) is 7. The molecule has 4 aromatic rings. The minimum atomic E-state index is -0.602. The maximum Gasteiger partial charge on any atom is 0.165 e. The van der Waals surface area contributed by atoms with Crippen molar-refractivity contribution < 1.29 is 14.2 Å². The lowest BCUT2D eigenvalue weighted by molar-refractivity contribution is 0.207. The molecule has 5 rings (SSSR count). The van der Waals surface area contributed by atoms with Crippen molar-refractivity contribution in [2.75, 3.05) is 36.2 Å². The molecule has 3 N–H and O–H groups in total. The number of aryl methyl sites for hydroxylation is 1. The first-order chi connectivity index (χ1) is 16.4.